The number of carbonyl (C=O) groups excluding carboxylic acids is 2. The van der Waals surface area contributed by atoms with E-state index in [1.54, 1.807) is 22.8 Å². The van der Waals surface area contributed by atoms with Gasteiger partial charge in [-0.25, -0.2) is 0 Å². The Morgan fingerprint density at radius 3 is 2.32 bits per heavy atom. The second-order valence-electron chi connectivity index (χ2n) is 8.52. The summed E-state index contributed by atoms with van der Waals surface area (Å²) >= 11 is 1.11. The summed E-state index contributed by atoms with van der Waals surface area (Å²) < 4.78 is 41.7. The van der Waals surface area contributed by atoms with Crippen LogP contribution >= 0.6 is 11.8 Å². The van der Waals surface area contributed by atoms with Gasteiger partial charge in [0, 0.05) is 31.1 Å². The van der Waals surface area contributed by atoms with Gasteiger partial charge in [-0.05, 0) is 35.7 Å². The summed E-state index contributed by atoms with van der Waals surface area (Å²) in [5.41, 5.74) is 2.02. The molecule has 196 valence electrons. The van der Waals surface area contributed by atoms with E-state index in [4.69, 9.17) is 0 Å². The van der Waals surface area contributed by atoms with Gasteiger partial charge in [-0.3, -0.25) is 14.2 Å². The highest BCUT2D eigenvalue weighted by Crippen LogP contribution is 2.32. The Morgan fingerprint density at radius 1 is 0.921 bits per heavy atom. The molecule has 0 saturated heterocycles. The minimum atomic E-state index is -4.51. The number of carbonyl (C=O) groups is 2. The maximum absolute atomic E-state index is 13.4. The number of amides is 1. The number of thioether (sulfide) groups is 1. The third-order valence-corrected chi connectivity index (χ3v) is 6.66. The lowest BCUT2D eigenvalue weighted by Crippen LogP contribution is -2.21. The zero-order valence-electron chi connectivity index (χ0n) is 20.5. The van der Waals surface area contributed by atoms with E-state index in [9.17, 15) is 22.8 Å². The number of rotatable bonds is 10. The Bertz CT molecular complexity index is 1400. The number of aryl methyl sites for hydroxylation is 1. The molecule has 6 nitrogen and oxygen atoms in total. The van der Waals surface area contributed by atoms with E-state index in [0.717, 1.165) is 35.0 Å². The molecule has 0 bridgehead atoms. The maximum Gasteiger partial charge on any atom is 0.416 e. The first-order chi connectivity index (χ1) is 18.2. The van der Waals surface area contributed by atoms with E-state index in [2.05, 4.69) is 15.5 Å². The minimum absolute atomic E-state index is 0.0354. The molecule has 0 aliphatic heterocycles. The quantitative estimate of drug-likeness (QED) is 0.152. The van der Waals surface area contributed by atoms with Crippen LogP contribution in [0, 0.1) is 0 Å². The van der Waals surface area contributed by atoms with Crippen molar-refractivity contribution in [1.29, 1.82) is 0 Å². The molecule has 0 saturated carbocycles. The zero-order valence-corrected chi connectivity index (χ0v) is 21.4. The number of benzene rings is 3. The van der Waals surface area contributed by atoms with Crippen LogP contribution in [0.25, 0.3) is 16.8 Å². The Hall–Kier alpha value is -3.92. The SMILES string of the molecule is CC(=O)NCCCc1nnc(SCC(=O)c2ccc(-c3ccccc3)cc2)n1-c1cccc(C(F)(F)F)c1. The standard InChI is InChI=1S/C28H25F3N4O2S/c1-19(36)32-16-6-11-26-33-34-27(35(26)24-10-5-9-23(17-24)28(29,30)31)38-18-25(37)22-14-12-21(13-15-22)20-7-3-2-4-8-20/h2-5,7-10,12-15,17H,6,11,16,18H2,1H3,(H,32,36). The van der Waals surface area contributed by atoms with Gasteiger partial charge in [0.15, 0.2) is 10.9 Å². The third kappa shape index (κ3) is 6.89. The molecule has 1 aromatic heterocycles. The van der Waals surface area contributed by atoms with Crippen molar-refractivity contribution in [2.75, 3.05) is 12.3 Å². The van der Waals surface area contributed by atoms with Gasteiger partial charge in [-0.15, -0.1) is 10.2 Å². The predicted octanol–water partition coefficient (Wildman–Crippen LogP) is 6.00. The van der Waals surface area contributed by atoms with Gasteiger partial charge >= 0.3 is 6.18 Å². The summed E-state index contributed by atoms with van der Waals surface area (Å²) in [7, 11) is 0. The van der Waals surface area contributed by atoms with E-state index >= 15 is 0 Å². The number of hydrogen-bond donors (Lipinski definition) is 1. The fraction of sp³-hybridized carbons (Fsp3) is 0.214. The van der Waals surface area contributed by atoms with E-state index in [-0.39, 0.29) is 23.1 Å². The first-order valence-corrected chi connectivity index (χ1v) is 12.9. The lowest BCUT2D eigenvalue weighted by Gasteiger charge is -2.13. The zero-order chi connectivity index (χ0) is 27.1. The van der Waals surface area contributed by atoms with Crippen LogP contribution in [0.3, 0.4) is 0 Å². The predicted molar refractivity (Wildman–Crippen MR) is 140 cm³/mol. The average Bonchev–Trinajstić information content (AvgIpc) is 3.32. The smallest absolute Gasteiger partial charge is 0.356 e. The van der Waals surface area contributed by atoms with Crippen molar-refractivity contribution >= 4 is 23.5 Å². The molecule has 0 fully saturated rings. The summed E-state index contributed by atoms with van der Waals surface area (Å²) in [5.74, 6) is 0.168. The number of nitrogens with one attached hydrogen (secondary N) is 1. The topological polar surface area (TPSA) is 76.9 Å². The third-order valence-electron chi connectivity index (χ3n) is 5.73. The number of alkyl halides is 3. The van der Waals surface area contributed by atoms with Crippen molar-refractivity contribution < 1.29 is 22.8 Å². The summed E-state index contributed by atoms with van der Waals surface area (Å²) in [6, 6.07) is 22.0. The highest BCUT2D eigenvalue weighted by Gasteiger charge is 2.31. The van der Waals surface area contributed by atoms with Gasteiger partial charge in [-0.1, -0.05) is 72.4 Å². The van der Waals surface area contributed by atoms with E-state index in [1.807, 2.05) is 42.5 Å². The van der Waals surface area contributed by atoms with E-state index in [1.165, 1.54) is 13.0 Å². The van der Waals surface area contributed by atoms with Gasteiger partial charge in [0.25, 0.3) is 0 Å². The molecule has 3 aromatic carbocycles. The van der Waals surface area contributed by atoms with Crippen molar-refractivity contribution in [2.45, 2.75) is 31.1 Å². The molecule has 0 unspecified atom stereocenters. The molecule has 4 aromatic rings. The Balaban J connectivity index is 1.53. The lowest BCUT2D eigenvalue weighted by molar-refractivity contribution is -0.137. The lowest BCUT2D eigenvalue weighted by atomic mass is 10.0. The van der Waals surface area contributed by atoms with Crippen LogP contribution in [0.15, 0.2) is 84.0 Å². The van der Waals surface area contributed by atoms with Crippen LogP contribution in [0.4, 0.5) is 13.2 Å². The van der Waals surface area contributed by atoms with Crippen LogP contribution in [0.2, 0.25) is 0 Å². The number of aromatic nitrogens is 3. The van der Waals surface area contributed by atoms with Crippen LogP contribution < -0.4 is 5.32 Å². The fourth-order valence-electron chi connectivity index (χ4n) is 3.84. The average molecular weight is 539 g/mol. The first-order valence-electron chi connectivity index (χ1n) is 11.9. The summed E-state index contributed by atoms with van der Waals surface area (Å²) in [6.07, 6.45) is -3.61. The number of ketones is 1. The van der Waals surface area contributed by atoms with Crippen LogP contribution in [0.5, 0.6) is 0 Å². The molecular formula is C28H25F3N4O2S. The number of nitrogens with zero attached hydrogens (tertiary/aromatic N) is 3. The van der Waals surface area contributed by atoms with Crippen molar-refractivity contribution in [1.82, 2.24) is 20.1 Å². The molecule has 10 heteroatoms. The summed E-state index contributed by atoms with van der Waals surface area (Å²) in [6.45, 7) is 1.80. The number of halogens is 3. The molecule has 0 aliphatic carbocycles. The molecule has 4 rings (SSSR count). The normalized spacial score (nSPS) is 11.4. The number of Topliss-reactive ketones (excluding diaryl/α,β-unsaturated/α-hetero) is 1. The van der Waals surface area contributed by atoms with Gasteiger partial charge in [0.05, 0.1) is 11.3 Å². The Kier molecular flexibility index (Phi) is 8.62. The van der Waals surface area contributed by atoms with Crippen molar-refractivity contribution in [2.24, 2.45) is 0 Å². The van der Waals surface area contributed by atoms with Gasteiger partial charge in [0.1, 0.15) is 5.82 Å². The highest BCUT2D eigenvalue weighted by molar-refractivity contribution is 7.99. The number of hydrogen-bond acceptors (Lipinski definition) is 5. The van der Waals surface area contributed by atoms with E-state index in [0.29, 0.717) is 35.9 Å². The molecule has 0 aliphatic rings. The molecule has 38 heavy (non-hydrogen) atoms. The van der Waals surface area contributed by atoms with Gasteiger partial charge in [0.2, 0.25) is 5.91 Å². The summed E-state index contributed by atoms with van der Waals surface area (Å²) in [4.78, 5) is 24.1. The van der Waals surface area contributed by atoms with Crippen molar-refractivity contribution in [3.05, 3.63) is 95.8 Å². The van der Waals surface area contributed by atoms with Crippen LogP contribution in [-0.4, -0.2) is 38.8 Å². The molecule has 1 N–H and O–H groups in total. The molecule has 0 spiro atoms. The minimum Gasteiger partial charge on any atom is -0.356 e. The summed E-state index contributed by atoms with van der Waals surface area (Å²) in [5, 5.41) is 11.4. The Morgan fingerprint density at radius 2 is 1.63 bits per heavy atom. The molecule has 0 atom stereocenters. The molecule has 0 radical (unpaired) electrons. The maximum atomic E-state index is 13.4. The van der Waals surface area contributed by atoms with Crippen molar-refractivity contribution in [3.8, 4) is 16.8 Å². The molecule has 1 heterocycles. The van der Waals surface area contributed by atoms with Gasteiger partial charge in [-0.2, -0.15) is 13.2 Å². The van der Waals surface area contributed by atoms with Crippen LogP contribution in [-0.2, 0) is 17.4 Å². The highest BCUT2D eigenvalue weighted by atomic mass is 32.2. The largest absolute Gasteiger partial charge is 0.416 e. The second-order valence-corrected chi connectivity index (χ2v) is 9.47. The first kappa shape index (κ1) is 27.1. The molecule has 1 amide bonds. The van der Waals surface area contributed by atoms with E-state index < -0.39 is 11.7 Å². The molecular weight excluding hydrogens is 513 g/mol. The fourth-order valence-corrected chi connectivity index (χ4v) is 4.71. The second kappa shape index (κ2) is 12.1. The monoisotopic (exact) mass is 538 g/mol. The van der Waals surface area contributed by atoms with Gasteiger partial charge < -0.3 is 5.32 Å². The Labute approximate surface area is 222 Å². The van der Waals surface area contributed by atoms with Crippen LogP contribution in [0.1, 0.15) is 35.1 Å². The van der Waals surface area contributed by atoms with Crippen molar-refractivity contribution in [3.63, 3.8) is 0 Å².